The summed E-state index contributed by atoms with van der Waals surface area (Å²) in [5.74, 6) is -0.134. The van der Waals surface area contributed by atoms with Gasteiger partial charge in [0.05, 0.1) is 17.7 Å². The van der Waals surface area contributed by atoms with Crippen molar-refractivity contribution in [2.75, 3.05) is 12.4 Å². The van der Waals surface area contributed by atoms with Crippen LogP contribution in [0, 0.1) is 10.1 Å². The van der Waals surface area contributed by atoms with Crippen LogP contribution in [0.4, 0.5) is 11.4 Å². The zero-order valence-electron chi connectivity index (χ0n) is 13.6. The predicted molar refractivity (Wildman–Crippen MR) is 104 cm³/mol. The van der Waals surface area contributed by atoms with Crippen LogP contribution in [0.2, 0.25) is 5.02 Å². The standard InChI is InChI=1S/C17H14ClN3O4S/c1-25-15-8-7-12(21(23)24)10-14(15)19-17(26)20-16(22)9-6-11-4-2-3-5-13(11)18/h2-10H,1H3,(H2,19,20,22,26)/b9-6+. The Morgan fingerprint density at radius 1 is 1.31 bits per heavy atom. The van der Waals surface area contributed by atoms with E-state index in [4.69, 9.17) is 28.6 Å². The number of carbonyl (C=O) groups is 1. The highest BCUT2D eigenvalue weighted by molar-refractivity contribution is 7.80. The van der Waals surface area contributed by atoms with Crippen LogP contribution < -0.4 is 15.4 Å². The van der Waals surface area contributed by atoms with E-state index in [2.05, 4.69) is 10.6 Å². The lowest BCUT2D eigenvalue weighted by Crippen LogP contribution is -2.32. The average Bonchev–Trinajstić information content (AvgIpc) is 2.60. The van der Waals surface area contributed by atoms with E-state index in [0.29, 0.717) is 16.3 Å². The predicted octanol–water partition coefficient (Wildman–Crippen LogP) is 3.78. The Kier molecular flexibility index (Phi) is 6.65. The second-order valence-electron chi connectivity index (χ2n) is 4.94. The molecule has 134 valence electrons. The molecule has 0 bridgehead atoms. The van der Waals surface area contributed by atoms with Gasteiger partial charge in [-0.1, -0.05) is 29.8 Å². The minimum Gasteiger partial charge on any atom is -0.495 e. The summed E-state index contributed by atoms with van der Waals surface area (Å²) >= 11 is 11.1. The van der Waals surface area contributed by atoms with Crippen molar-refractivity contribution in [2.24, 2.45) is 0 Å². The molecule has 9 heteroatoms. The monoisotopic (exact) mass is 391 g/mol. The highest BCUT2D eigenvalue weighted by Crippen LogP contribution is 2.28. The molecule has 2 rings (SSSR count). The van der Waals surface area contributed by atoms with E-state index in [9.17, 15) is 14.9 Å². The third-order valence-corrected chi connectivity index (χ3v) is 3.75. The van der Waals surface area contributed by atoms with Crippen LogP contribution in [0.1, 0.15) is 5.56 Å². The van der Waals surface area contributed by atoms with E-state index in [1.54, 1.807) is 30.3 Å². The van der Waals surface area contributed by atoms with E-state index < -0.39 is 10.8 Å². The van der Waals surface area contributed by atoms with Gasteiger partial charge < -0.3 is 10.1 Å². The van der Waals surface area contributed by atoms with Gasteiger partial charge in [-0.15, -0.1) is 0 Å². The van der Waals surface area contributed by atoms with Gasteiger partial charge in [0.15, 0.2) is 5.11 Å². The molecule has 0 aromatic heterocycles. The molecule has 7 nitrogen and oxygen atoms in total. The summed E-state index contributed by atoms with van der Waals surface area (Å²) in [6.45, 7) is 0. The highest BCUT2D eigenvalue weighted by atomic mass is 35.5. The Morgan fingerprint density at radius 2 is 2.04 bits per heavy atom. The lowest BCUT2D eigenvalue weighted by molar-refractivity contribution is -0.384. The number of anilines is 1. The molecule has 1 amide bonds. The van der Waals surface area contributed by atoms with Crippen molar-refractivity contribution in [2.45, 2.75) is 0 Å². The molecule has 2 N–H and O–H groups in total. The molecule has 0 aliphatic heterocycles. The maximum Gasteiger partial charge on any atom is 0.271 e. The van der Waals surface area contributed by atoms with Crippen LogP contribution in [-0.2, 0) is 4.79 Å². The number of nitro benzene ring substituents is 1. The number of carbonyl (C=O) groups excluding carboxylic acids is 1. The van der Waals surface area contributed by atoms with E-state index in [1.165, 1.54) is 31.4 Å². The summed E-state index contributed by atoms with van der Waals surface area (Å²) in [7, 11) is 1.42. The summed E-state index contributed by atoms with van der Waals surface area (Å²) in [6.07, 6.45) is 2.83. The largest absolute Gasteiger partial charge is 0.495 e. The van der Waals surface area contributed by atoms with Crippen molar-refractivity contribution in [3.05, 3.63) is 69.2 Å². The second kappa shape index (κ2) is 8.93. The fourth-order valence-corrected chi connectivity index (χ4v) is 2.40. The number of methoxy groups -OCH3 is 1. The van der Waals surface area contributed by atoms with Gasteiger partial charge in [0, 0.05) is 23.2 Å². The van der Waals surface area contributed by atoms with Crippen LogP contribution in [0.3, 0.4) is 0 Å². The molecule has 0 radical (unpaired) electrons. The molecular weight excluding hydrogens is 378 g/mol. The van der Waals surface area contributed by atoms with Gasteiger partial charge in [-0.25, -0.2) is 0 Å². The lowest BCUT2D eigenvalue weighted by atomic mass is 10.2. The van der Waals surface area contributed by atoms with Crippen molar-refractivity contribution >= 4 is 52.3 Å². The minimum absolute atomic E-state index is 0.0300. The number of nitrogens with one attached hydrogen (secondary N) is 2. The number of thiocarbonyl (C=S) groups is 1. The molecule has 0 atom stereocenters. The van der Waals surface area contributed by atoms with Gasteiger partial charge in [-0.3, -0.25) is 20.2 Å². The van der Waals surface area contributed by atoms with Gasteiger partial charge in [0.25, 0.3) is 5.69 Å². The zero-order valence-corrected chi connectivity index (χ0v) is 15.1. The third kappa shape index (κ3) is 5.27. The minimum atomic E-state index is -0.543. The van der Waals surface area contributed by atoms with Crippen molar-refractivity contribution < 1.29 is 14.5 Å². The Balaban J connectivity index is 2.04. The molecule has 0 aliphatic rings. The van der Waals surface area contributed by atoms with Crippen LogP contribution >= 0.6 is 23.8 Å². The SMILES string of the molecule is COc1ccc([N+](=O)[O-])cc1NC(=S)NC(=O)/C=C/c1ccccc1Cl. The van der Waals surface area contributed by atoms with Gasteiger partial charge in [0.1, 0.15) is 5.75 Å². The number of rotatable bonds is 5. The first-order valence-electron chi connectivity index (χ1n) is 7.27. The highest BCUT2D eigenvalue weighted by Gasteiger charge is 2.13. The third-order valence-electron chi connectivity index (χ3n) is 3.20. The molecule has 0 spiro atoms. The molecular formula is C17H14ClN3O4S. The van der Waals surface area contributed by atoms with E-state index in [0.717, 1.165) is 0 Å². The summed E-state index contributed by atoms with van der Waals surface area (Å²) in [5.41, 5.74) is 0.812. The maximum atomic E-state index is 11.9. The number of hydrogen-bond acceptors (Lipinski definition) is 5. The molecule has 0 saturated carbocycles. The maximum absolute atomic E-state index is 11.9. The zero-order chi connectivity index (χ0) is 19.1. The van der Waals surface area contributed by atoms with Crippen molar-refractivity contribution in [1.82, 2.24) is 5.32 Å². The molecule has 0 unspecified atom stereocenters. The molecule has 2 aromatic rings. The fraction of sp³-hybridized carbons (Fsp3) is 0.0588. The smallest absolute Gasteiger partial charge is 0.271 e. The molecule has 0 saturated heterocycles. The van der Waals surface area contributed by atoms with Gasteiger partial charge in [0.2, 0.25) is 5.91 Å². The van der Waals surface area contributed by atoms with Crippen LogP contribution in [0.25, 0.3) is 6.08 Å². The van der Waals surface area contributed by atoms with E-state index >= 15 is 0 Å². The first-order chi connectivity index (χ1) is 12.4. The summed E-state index contributed by atoms with van der Waals surface area (Å²) in [6, 6.07) is 11.0. The normalized spacial score (nSPS) is 10.4. The number of halogens is 1. The number of amides is 1. The summed E-state index contributed by atoms with van der Waals surface area (Å²) < 4.78 is 5.12. The summed E-state index contributed by atoms with van der Waals surface area (Å²) in [5, 5.41) is 16.5. The van der Waals surface area contributed by atoms with Crippen LogP contribution in [0.5, 0.6) is 5.75 Å². The van der Waals surface area contributed by atoms with Crippen LogP contribution in [0.15, 0.2) is 48.5 Å². The fourth-order valence-electron chi connectivity index (χ4n) is 1.99. The molecule has 0 aliphatic carbocycles. The number of hydrogen-bond donors (Lipinski definition) is 2. The second-order valence-corrected chi connectivity index (χ2v) is 5.76. The van der Waals surface area contributed by atoms with E-state index in [1.807, 2.05) is 0 Å². The Morgan fingerprint density at radius 3 is 2.69 bits per heavy atom. The number of ether oxygens (including phenoxy) is 1. The Bertz CT molecular complexity index is 886. The molecule has 26 heavy (non-hydrogen) atoms. The van der Waals surface area contributed by atoms with Crippen molar-refractivity contribution in [3.63, 3.8) is 0 Å². The molecule has 0 heterocycles. The van der Waals surface area contributed by atoms with Gasteiger partial charge in [-0.05, 0) is 36.0 Å². The van der Waals surface area contributed by atoms with Crippen molar-refractivity contribution in [1.29, 1.82) is 0 Å². The number of benzene rings is 2. The number of nitro groups is 1. The summed E-state index contributed by atoms with van der Waals surface area (Å²) in [4.78, 5) is 22.3. The van der Waals surface area contributed by atoms with Crippen molar-refractivity contribution in [3.8, 4) is 5.75 Å². The Labute approximate surface area is 159 Å². The van der Waals surface area contributed by atoms with Gasteiger partial charge in [-0.2, -0.15) is 0 Å². The lowest BCUT2D eigenvalue weighted by Gasteiger charge is -2.11. The Hall–Kier alpha value is -2.97. The van der Waals surface area contributed by atoms with Crippen LogP contribution in [-0.4, -0.2) is 23.1 Å². The first kappa shape index (κ1) is 19.4. The quantitative estimate of drug-likeness (QED) is 0.348. The topological polar surface area (TPSA) is 93.5 Å². The average molecular weight is 392 g/mol. The first-order valence-corrected chi connectivity index (χ1v) is 8.06. The van der Waals surface area contributed by atoms with Gasteiger partial charge >= 0.3 is 0 Å². The van der Waals surface area contributed by atoms with E-state index in [-0.39, 0.29) is 16.5 Å². The molecule has 0 fully saturated rings. The molecule has 2 aromatic carbocycles. The number of nitrogens with zero attached hydrogens (tertiary/aromatic N) is 1. The number of non-ortho nitro benzene ring substituents is 1.